The fraction of sp³-hybridized carbons (Fsp3) is 0.682. The highest BCUT2D eigenvalue weighted by atomic mass is 31.1. The molecule has 0 aliphatic carbocycles. The Labute approximate surface area is 165 Å². The van der Waals surface area contributed by atoms with E-state index in [0.29, 0.717) is 6.61 Å². The Morgan fingerprint density at radius 3 is 2.00 bits per heavy atom. The molecule has 2 unspecified atom stereocenters. The zero-order chi connectivity index (χ0) is 19.8. The Bertz CT molecular complexity index is 520. The third kappa shape index (κ3) is 9.60. The number of hydrogen-bond acceptors (Lipinski definition) is 4. The van der Waals surface area contributed by atoms with E-state index in [1.165, 1.54) is 58.5 Å². The second-order valence-electron chi connectivity index (χ2n) is 7.08. The summed E-state index contributed by atoms with van der Waals surface area (Å²) in [7, 11) is -0.551. The molecule has 0 spiro atoms. The molecule has 2 atom stereocenters. The smallest absolute Gasteiger partial charge is 0.358 e. The first-order valence-electron chi connectivity index (χ1n) is 10.3. The highest BCUT2D eigenvalue weighted by Crippen LogP contribution is 2.35. The van der Waals surface area contributed by atoms with Gasteiger partial charge in [0.15, 0.2) is 11.9 Å². The average molecular weight is 396 g/mol. The van der Waals surface area contributed by atoms with Gasteiger partial charge in [-0.1, -0.05) is 95.0 Å². The van der Waals surface area contributed by atoms with Gasteiger partial charge in [-0.15, -0.1) is 4.52 Å². The van der Waals surface area contributed by atoms with Gasteiger partial charge in [-0.3, -0.25) is 4.79 Å². The normalized spacial score (nSPS) is 13.9. The predicted molar refractivity (Wildman–Crippen MR) is 111 cm³/mol. The molecule has 4 nitrogen and oxygen atoms in total. The zero-order valence-electron chi connectivity index (χ0n) is 17.0. The minimum atomic E-state index is -1.94. The van der Waals surface area contributed by atoms with Gasteiger partial charge >= 0.3 is 8.03 Å². The van der Waals surface area contributed by atoms with Gasteiger partial charge in [0.05, 0.1) is 7.11 Å². The largest absolute Gasteiger partial charge is 0.511 e. The summed E-state index contributed by atoms with van der Waals surface area (Å²) < 4.78 is 22.8. The second-order valence-corrected chi connectivity index (χ2v) is 8.42. The number of hydrogen-bond donors (Lipinski definition) is 0. The lowest BCUT2D eigenvalue weighted by atomic mass is 9.97. The number of unbranched alkanes of at least 4 members (excludes halogenated alkanes) is 9. The molecule has 0 fully saturated rings. The predicted octanol–water partition coefficient (Wildman–Crippen LogP) is 6.41. The summed E-state index contributed by atoms with van der Waals surface area (Å²) in [4.78, 5) is 11.9. The Morgan fingerprint density at radius 1 is 0.926 bits per heavy atom. The van der Waals surface area contributed by atoms with Gasteiger partial charge in [0.25, 0.3) is 0 Å². The maximum absolute atomic E-state index is 11.9. The summed E-state index contributed by atoms with van der Waals surface area (Å²) in [6.45, 7) is 2.73. The van der Waals surface area contributed by atoms with E-state index in [4.69, 9.17) is 9.26 Å². The average Bonchev–Trinajstić information content (AvgIpc) is 2.71. The van der Waals surface area contributed by atoms with E-state index >= 15 is 0 Å². The third-order valence-electron chi connectivity index (χ3n) is 4.88. The van der Waals surface area contributed by atoms with E-state index < -0.39 is 13.6 Å². The number of aldehydes is 1. The summed E-state index contributed by atoms with van der Waals surface area (Å²) in [5.41, 5.74) is -0.461. The van der Waals surface area contributed by atoms with Crippen molar-refractivity contribution in [3.8, 4) is 0 Å². The number of benzene rings is 1. The van der Waals surface area contributed by atoms with E-state index in [0.717, 1.165) is 24.7 Å². The van der Waals surface area contributed by atoms with Crippen molar-refractivity contribution in [3.63, 3.8) is 0 Å². The number of rotatable bonds is 17. The molecule has 0 N–H and O–H groups in total. The SMILES string of the molecule is CCCCCCCCCCCCOC(C=O)(C[P+](=O)OC)c1ccccc1. The van der Waals surface area contributed by atoms with Crippen LogP contribution in [0.4, 0.5) is 0 Å². The molecule has 1 rings (SSSR count). The summed E-state index contributed by atoms with van der Waals surface area (Å²) in [5, 5.41) is 0. The molecule has 0 amide bonds. The van der Waals surface area contributed by atoms with E-state index in [9.17, 15) is 9.36 Å². The van der Waals surface area contributed by atoms with Crippen LogP contribution in [0, 0.1) is 0 Å². The van der Waals surface area contributed by atoms with Crippen LogP contribution in [0.3, 0.4) is 0 Å². The van der Waals surface area contributed by atoms with Crippen molar-refractivity contribution in [3.05, 3.63) is 35.9 Å². The van der Waals surface area contributed by atoms with Crippen molar-refractivity contribution in [1.82, 2.24) is 0 Å². The summed E-state index contributed by atoms with van der Waals surface area (Å²) in [5.74, 6) is 0. The first-order chi connectivity index (χ1) is 13.2. The van der Waals surface area contributed by atoms with Gasteiger partial charge in [-0.05, 0) is 16.5 Å². The Morgan fingerprint density at radius 2 is 1.48 bits per heavy atom. The minimum Gasteiger partial charge on any atom is -0.358 e. The van der Waals surface area contributed by atoms with Crippen LogP contribution in [-0.4, -0.2) is 26.2 Å². The van der Waals surface area contributed by atoms with Gasteiger partial charge in [0.2, 0.25) is 6.16 Å². The Hall–Kier alpha value is -1.09. The van der Waals surface area contributed by atoms with Crippen LogP contribution >= 0.6 is 8.03 Å². The molecule has 0 aliphatic heterocycles. The summed E-state index contributed by atoms with van der Waals surface area (Å²) >= 11 is 0. The fourth-order valence-electron chi connectivity index (χ4n) is 3.18. The van der Waals surface area contributed by atoms with Crippen LogP contribution in [0.2, 0.25) is 0 Å². The highest BCUT2D eigenvalue weighted by molar-refractivity contribution is 7.39. The maximum atomic E-state index is 11.9. The van der Waals surface area contributed by atoms with Crippen LogP contribution in [0.5, 0.6) is 0 Å². The van der Waals surface area contributed by atoms with E-state index in [2.05, 4.69) is 6.92 Å². The molecular formula is C22H36O4P+. The van der Waals surface area contributed by atoms with E-state index in [-0.39, 0.29) is 6.16 Å². The van der Waals surface area contributed by atoms with Gasteiger partial charge in [0, 0.05) is 6.61 Å². The zero-order valence-corrected chi connectivity index (χ0v) is 17.9. The molecule has 0 saturated carbocycles. The number of ether oxygens (including phenoxy) is 1. The lowest BCUT2D eigenvalue weighted by molar-refractivity contribution is -0.130. The van der Waals surface area contributed by atoms with Gasteiger partial charge < -0.3 is 4.74 Å². The lowest BCUT2D eigenvalue weighted by Crippen LogP contribution is -2.35. The Balaban J connectivity index is 2.36. The molecule has 27 heavy (non-hydrogen) atoms. The topological polar surface area (TPSA) is 52.6 Å². The molecule has 1 aromatic rings. The minimum absolute atomic E-state index is 0.0457. The van der Waals surface area contributed by atoms with Gasteiger partial charge in [-0.25, -0.2) is 0 Å². The highest BCUT2D eigenvalue weighted by Gasteiger charge is 2.42. The molecule has 152 valence electrons. The van der Waals surface area contributed by atoms with Crippen molar-refractivity contribution in [2.24, 2.45) is 0 Å². The van der Waals surface area contributed by atoms with Crippen molar-refractivity contribution in [1.29, 1.82) is 0 Å². The fourth-order valence-corrected chi connectivity index (χ4v) is 4.04. The molecule has 0 bridgehead atoms. The standard InChI is InChI=1S/C22H36O4P/c1-3-4-5-6-7-8-9-10-11-15-18-26-22(19-23,20-27(24)25-2)21-16-13-12-14-17-21/h12-14,16-17,19H,3-11,15,18,20H2,1-2H3/q+1. The van der Waals surface area contributed by atoms with Crippen molar-refractivity contribution in [2.75, 3.05) is 19.9 Å². The number of carbonyl (C=O) groups excluding carboxylic acids is 1. The van der Waals surface area contributed by atoms with Gasteiger partial charge in [-0.2, -0.15) is 0 Å². The first kappa shape index (κ1) is 23.9. The second kappa shape index (κ2) is 14.9. The molecule has 0 aromatic heterocycles. The molecule has 5 heteroatoms. The van der Waals surface area contributed by atoms with E-state index in [1.807, 2.05) is 30.3 Å². The third-order valence-corrected chi connectivity index (χ3v) is 6.01. The van der Waals surface area contributed by atoms with Crippen molar-refractivity contribution >= 4 is 14.3 Å². The van der Waals surface area contributed by atoms with Gasteiger partial charge in [0.1, 0.15) is 0 Å². The molecule has 0 heterocycles. The van der Waals surface area contributed by atoms with Crippen molar-refractivity contribution in [2.45, 2.75) is 76.7 Å². The van der Waals surface area contributed by atoms with Crippen molar-refractivity contribution < 1.29 is 18.6 Å². The van der Waals surface area contributed by atoms with Crippen LogP contribution in [0.25, 0.3) is 0 Å². The molecule has 0 saturated heterocycles. The van der Waals surface area contributed by atoms with Crippen LogP contribution in [0.1, 0.15) is 76.7 Å². The molecule has 0 aliphatic rings. The monoisotopic (exact) mass is 395 g/mol. The molecular weight excluding hydrogens is 359 g/mol. The Kier molecular flexibility index (Phi) is 13.2. The summed E-state index contributed by atoms with van der Waals surface area (Å²) in [6, 6.07) is 9.28. The lowest BCUT2D eigenvalue weighted by Gasteiger charge is -2.24. The number of carbonyl (C=O) groups is 1. The molecule has 0 radical (unpaired) electrons. The van der Waals surface area contributed by atoms with E-state index in [1.54, 1.807) is 0 Å². The quantitative estimate of drug-likeness (QED) is 0.174. The van der Waals surface area contributed by atoms with Crippen LogP contribution in [0.15, 0.2) is 30.3 Å². The van der Waals surface area contributed by atoms with Crippen LogP contribution < -0.4 is 0 Å². The molecule has 1 aromatic carbocycles. The maximum Gasteiger partial charge on any atom is 0.511 e. The first-order valence-corrected chi connectivity index (χ1v) is 11.7. The summed E-state index contributed by atoms with van der Waals surface area (Å²) in [6.07, 6.45) is 13.3. The van der Waals surface area contributed by atoms with Crippen LogP contribution in [-0.2, 0) is 24.2 Å².